The Morgan fingerprint density at radius 2 is 1.43 bits per heavy atom. The SMILES string of the molecule is O=C1c2ccc(Oc3ccc([N+](=O)[O-])cc3)cc2C(=O)N1c1ccc(Cl)cc1. The highest BCUT2D eigenvalue weighted by molar-refractivity contribution is 6.35. The van der Waals surface area contributed by atoms with Crippen LogP contribution in [-0.2, 0) is 0 Å². The second-order valence-electron chi connectivity index (χ2n) is 5.98. The number of carbonyl (C=O) groups excluding carboxylic acids is 2. The molecule has 4 rings (SSSR count). The van der Waals surface area contributed by atoms with Crippen molar-refractivity contribution >= 4 is 34.8 Å². The van der Waals surface area contributed by atoms with Crippen molar-refractivity contribution in [1.82, 2.24) is 0 Å². The fourth-order valence-electron chi connectivity index (χ4n) is 2.88. The molecule has 0 spiro atoms. The highest BCUT2D eigenvalue weighted by atomic mass is 35.5. The zero-order chi connectivity index (χ0) is 19.8. The third-order valence-electron chi connectivity index (χ3n) is 4.23. The number of ether oxygens (including phenoxy) is 1. The topological polar surface area (TPSA) is 89.7 Å². The smallest absolute Gasteiger partial charge is 0.269 e. The number of halogens is 1. The van der Waals surface area contributed by atoms with Crippen molar-refractivity contribution in [2.75, 3.05) is 4.90 Å². The molecule has 3 aromatic rings. The summed E-state index contributed by atoms with van der Waals surface area (Å²) in [7, 11) is 0. The van der Waals surface area contributed by atoms with E-state index in [1.807, 2.05) is 0 Å². The van der Waals surface area contributed by atoms with Gasteiger partial charge in [-0.25, -0.2) is 4.90 Å². The van der Waals surface area contributed by atoms with Crippen LogP contribution in [0.3, 0.4) is 0 Å². The van der Waals surface area contributed by atoms with Gasteiger partial charge in [-0.3, -0.25) is 19.7 Å². The number of anilines is 1. The zero-order valence-corrected chi connectivity index (χ0v) is 14.9. The molecule has 0 fully saturated rings. The zero-order valence-electron chi connectivity index (χ0n) is 14.2. The molecule has 1 aliphatic heterocycles. The number of hydrogen-bond donors (Lipinski definition) is 0. The number of carbonyl (C=O) groups is 2. The monoisotopic (exact) mass is 394 g/mol. The molecule has 0 radical (unpaired) electrons. The summed E-state index contributed by atoms with van der Waals surface area (Å²) in [6, 6.07) is 16.5. The number of nitro groups is 1. The number of non-ortho nitro benzene ring substituents is 1. The molecule has 1 heterocycles. The lowest BCUT2D eigenvalue weighted by Crippen LogP contribution is -2.29. The van der Waals surface area contributed by atoms with Crippen LogP contribution in [0.15, 0.2) is 66.7 Å². The van der Waals surface area contributed by atoms with Crippen molar-refractivity contribution in [3.63, 3.8) is 0 Å². The number of fused-ring (bicyclic) bond motifs is 1. The first kappa shape index (κ1) is 17.7. The standard InChI is InChI=1S/C20H11ClN2O5/c21-12-1-3-13(4-2-12)22-19(24)17-10-9-16(11-18(17)20(22)25)28-15-7-5-14(6-8-15)23(26)27/h1-11H. The molecule has 0 bridgehead atoms. The van der Waals surface area contributed by atoms with Gasteiger partial charge >= 0.3 is 0 Å². The van der Waals surface area contributed by atoms with E-state index in [0.29, 0.717) is 22.2 Å². The summed E-state index contributed by atoms with van der Waals surface area (Å²) in [5.41, 5.74) is 0.865. The first-order valence-electron chi connectivity index (χ1n) is 8.15. The Morgan fingerprint density at radius 3 is 2.07 bits per heavy atom. The van der Waals surface area contributed by atoms with Gasteiger partial charge in [-0.05, 0) is 54.6 Å². The Balaban J connectivity index is 1.61. The maximum absolute atomic E-state index is 12.8. The molecule has 0 saturated heterocycles. The number of hydrogen-bond acceptors (Lipinski definition) is 5. The third kappa shape index (κ3) is 3.08. The average Bonchev–Trinajstić information content (AvgIpc) is 2.93. The first-order valence-corrected chi connectivity index (χ1v) is 8.52. The van der Waals surface area contributed by atoms with Crippen molar-refractivity contribution in [3.8, 4) is 11.5 Å². The summed E-state index contributed by atoms with van der Waals surface area (Å²) >= 11 is 5.86. The molecule has 1 aliphatic rings. The fraction of sp³-hybridized carbons (Fsp3) is 0. The van der Waals surface area contributed by atoms with E-state index in [2.05, 4.69) is 0 Å². The van der Waals surface area contributed by atoms with Gasteiger partial charge in [0.25, 0.3) is 17.5 Å². The van der Waals surface area contributed by atoms with Gasteiger partial charge in [-0.1, -0.05) is 11.6 Å². The summed E-state index contributed by atoms with van der Waals surface area (Å²) in [5.74, 6) is -0.177. The Morgan fingerprint density at radius 1 is 0.821 bits per heavy atom. The van der Waals surface area contributed by atoms with E-state index in [9.17, 15) is 19.7 Å². The molecule has 0 unspecified atom stereocenters. The number of benzene rings is 3. The van der Waals surface area contributed by atoms with Crippen molar-refractivity contribution in [2.45, 2.75) is 0 Å². The Hall–Kier alpha value is -3.71. The van der Waals surface area contributed by atoms with Gasteiger partial charge in [0.1, 0.15) is 11.5 Å². The van der Waals surface area contributed by atoms with Crippen molar-refractivity contribution in [1.29, 1.82) is 0 Å². The maximum atomic E-state index is 12.8. The first-order chi connectivity index (χ1) is 13.4. The van der Waals surface area contributed by atoms with Gasteiger partial charge in [-0.15, -0.1) is 0 Å². The summed E-state index contributed by atoms with van der Waals surface area (Å²) in [6.07, 6.45) is 0. The highest BCUT2D eigenvalue weighted by Crippen LogP contribution is 2.33. The van der Waals surface area contributed by atoms with Crippen LogP contribution in [0, 0.1) is 10.1 Å². The predicted octanol–water partition coefficient (Wildman–Crippen LogP) is 4.84. The Bertz CT molecular complexity index is 1110. The fourth-order valence-corrected chi connectivity index (χ4v) is 3.01. The van der Waals surface area contributed by atoms with Gasteiger partial charge in [0, 0.05) is 17.2 Å². The number of nitro benzene ring substituents is 1. The summed E-state index contributed by atoms with van der Waals surface area (Å²) in [6.45, 7) is 0. The van der Waals surface area contributed by atoms with E-state index in [-0.39, 0.29) is 16.8 Å². The molecule has 0 saturated carbocycles. The van der Waals surface area contributed by atoms with Crippen LogP contribution in [0.25, 0.3) is 0 Å². The minimum absolute atomic E-state index is 0.0549. The lowest BCUT2D eigenvalue weighted by atomic mass is 10.1. The van der Waals surface area contributed by atoms with Gasteiger partial charge in [-0.2, -0.15) is 0 Å². The Kier molecular flexibility index (Phi) is 4.29. The summed E-state index contributed by atoms with van der Waals surface area (Å²) in [4.78, 5) is 36.7. The van der Waals surface area contributed by atoms with Crippen molar-refractivity contribution in [3.05, 3.63) is 93.0 Å². The van der Waals surface area contributed by atoms with Crippen LogP contribution < -0.4 is 9.64 Å². The molecular formula is C20H11ClN2O5. The molecule has 2 amide bonds. The number of amides is 2. The van der Waals surface area contributed by atoms with E-state index < -0.39 is 16.7 Å². The Labute approximate surface area is 163 Å². The van der Waals surface area contributed by atoms with Crippen molar-refractivity contribution < 1.29 is 19.2 Å². The lowest BCUT2D eigenvalue weighted by molar-refractivity contribution is -0.384. The molecular weight excluding hydrogens is 384 g/mol. The predicted molar refractivity (Wildman–Crippen MR) is 102 cm³/mol. The largest absolute Gasteiger partial charge is 0.457 e. The summed E-state index contributed by atoms with van der Waals surface area (Å²) < 4.78 is 5.66. The molecule has 8 heteroatoms. The van der Waals surface area contributed by atoms with Gasteiger partial charge in [0.2, 0.25) is 0 Å². The molecule has 138 valence electrons. The van der Waals surface area contributed by atoms with E-state index in [1.165, 1.54) is 36.4 Å². The minimum Gasteiger partial charge on any atom is -0.457 e. The molecule has 0 N–H and O–H groups in total. The second kappa shape index (κ2) is 6.79. The number of nitrogens with zero attached hydrogens (tertiary/aromatic N) is 2. The van der Waals surface area contributed by atoms with E-state index in [4.69, 9.17) is 16.3 Å². The van der Waals surface area contributed by atoms with Crippen LogP contribution in [0.4, 0.5) is 11.4 Å². The molecule has 3 aromatic carbocycles. The maximum Gasteiger partial charge on any atom is 0.269 e. The lowest BCUT2D eigenvalue weighted by Gasteiger charge is -2.13. The normalized spacial score (nSPS) is 12.8. The molecule has 28 heavy (non-hydrogen) atoms. The minimum atomic E-state index is -0.505. The number of imide groups is 1. The number of rotatable bonds is 4. The van der Waals surface area contributed by atoms with Crippen molar-refractivity contribution in [2.24, 2.45) is 0 Å². The van der Waals surface area contributed by atoms with E-state index in [0.717, 1.165) is 4.90 Å². The van der Waals surface area contributed by atoms with Crippen LogP contribution in [-0.4, -0.2) is 16.7 Å². The van der Waals surface area contributed by atoms with E-state index >= 15 is 0 Å². The van der Waals surface area contributed by atoms with Gasteiger partial charge in [0.15, 0.2) is 0 Å². The second-order valence-corrected chi connectivity index (χ2v) is 6.42. The van der Waals surface area contributed by atoms with Gasteiger partial charge in [0.05, 0.1) is 21.7 Å². The molecule has 0 aromatic heterocycles. The molecule has 0 atom stereocenters. The third-order valence-corrected chi connectivity index (χ3v) is 4.48. The quantitative estimate of drug-likeness (QED) is 0.359. The van der Waals surface area contributed by atoms with E-state index in [1.54, 1.807) is 30.3 Å². The average molecular weight is 395 g/mol. The van der Waals surface area contributed by atoms with Crippen LogP contribution >= 0.6 is 11.6 Å². The summed E-state index contributed by atoms with van der Waals surface area (Å²) in [5, 5.41) is 11.2. The van der Waals surface area contributed by atoms with Crippen LogP contribution in [0.2, 0.25) is 5.02 Å². The molecule has 0 aliphatic carbocycles. The van der Waals surface area contributed by atoms with Crippen LogP contribution in [0.1, 0.15) is 20.7 Å². The van der Waals surface area contributed by atoms with Crippen LogP contribution in [0.5, 0.6) is 11.5 Å². The van der Waals surface area contributed by atoms with Gasteiger partial charge < -0.3 is 4.74 Å². The molecule has 7 nitrogen and oxygen atoms in total. The highest BCUT2D eigenvalue weighted by Gasteiger charge is 2.37.